The second kappa shape index (κ2) is 6.51. The Balaban J connectivity index is 1.46. The molecule has 1 atom stereocenters. The van der Waals surface area contributed by atoms with Crippen molar-refractivity contribution >= 4 is 23.2 Å². The zero-order valence-electron chi connectivity index (χ0n) is 15.9. The number of benzene rings is 2. The minimum Gasteiger partial charge on any atom is -0.449 e. The molecule has 2 aromatic carbocycles. The van der Waals surface area contributed by atoms with E-state index in [1.165, 1.54) is 11.0 Å². The Labute approximate surface area is 162 Å². The number of fused-ring (bicyclic) bond motifs is 1. The summed E-state index contributed by atoms with van der Waals surface area (Å²) in [7, 11) is 0. The fraction of sp³-hybridized carbons (Fsp3) is 0.333. The summed E-state index contributed by atoms with van der Waals surface area (Å²) < 4.78 is 25.5. The van der Waals surface area contributed by atoms with E-state index in [-0.39, 0.29) is 30.5 Å². The lowest BCUT2D eigenvalue weighted by molar-refractivity contribution is -0.122. The lowest BCUT2D eigenvalue weighted by Crippen LogP contribution is -2.29. The summed E-state index contributed by atoms with van der Waals surface area (Å²) in [5, 5.41) is 2.81. The second-order valence-electron chi connectivity index (χ2n) is 7.61. The molecule has 28 heavy (non-hydrogen) atoms. The normalized spacial score (nSPS) is 19.8. The number of halogens is 1. The molecule has 0 spiro atoms. The average Bonchev–Trinajstić information content (AvgIpc) is 3.13. The van der Waals surface area contributed by atoms with Crippen LogP contribution in [-0.2, 0) is 9.59 Å². The van der Waals surface area contributed by atoms with E-state index in [0.717, 1.165) is 5.56 Å². The standard InChI is InChI=1S/C21H21FN2O4/c1-12-4-6-16(15(22)8-12)24-11-13(9-19(24)25)20(26)23-14-5-7-17-18(10-14)28-21(2,3)27-17/h4-8,10,13H,9,11H2,1-3H3,(H,23,26). The highest BCUT2D eigenvalue weighted by Crippen LogP contribution is 2.40. The Kier molecular flexibility index (Phi) is 4.25. The van der Waals surface area contributed by atoms with E-state index in [1.54, 1.807) is 51.1 Å². The van der Waals surface area contributed by atoms with Gasteiger partial charge >= 0.3 is 0 Å². The second-order valence-corrected chi connectivity index (χ2v) is 7.61. The Morgan fingerprint density at radius 2 is 1.93 bits per heavy atom. The molecule has 6 nitrogen and oxygen atoms in total. The van der Waals surface area contributed by atoms with Crippen LogP contribution < -0.4 is 19.7 Å². The number of ether oxygens (including phenoxy) is 2. The van der Waals surface area contributed by atoms with E-state index >= 15 is 0 Å². The summed E-state index contributed by atoms with van der Waals surface area (Å²) in [6.07, 6.45) is 0.0384. The number of anilines is 2. The van der Waals surface area contributed by atoms with Crippen molar-refractivity contribution in [1.82, 2.24) is 0 Å². The number of hydrogen-bond donors (Lipinski definition) is 1. The SMILES string of the molecule is Cc1ccc(N2CC(C(=O)Nc3ccc4c(c3)OC(C)(C)O4)CC2=O)c(F)c1. The molecule has 2 amide bonds. The van der Waals surface area contributed by atoms with Crippen molar-refractivity contribution in [2.45, 2.75) is 33.0 Å². The number of carbonyl (C=O) groups is 2. The molecule has 2 aliphatic heterocycles. The van der Waals surface area contributed by atoms with Gasteiger partial charge in [0.1, 0.15) is 5.82 Å². The van der Waals surface area contributed by atoms with Gasteiger partial charge in [-0.3, -0.25) is 9.59 Å². The number of nitrogens with zero attached hydrogens (tertiary/aromatic N) is 1. The Hall–Kier alpha value is -3.09. The highest BCUT2D eigenvalue weighted by molar-refractivity contribution is 6.03. The van der Waals surface area contributed by atoms with Crippen LogP contribution in [0.1, 0.15) is 25.8 Å². The van der Waals surface area contributed by atoms with Gasteiger partial charge in [0.25, 0.3) is 0 Å². The summed E-state index contributed by atoms with van der Waals surface area (Å²) in [6.45, 7) is 5.52. The third-order valence-corrected chi connectivity index (χ3v) is 4.81. The van der Waals surface area contributed by atoms with Gasteiger partial charge in [-0.15, -0.1) is 0 Å². The lowest BCUT2D eigenvalue weighted by Gasteiger charge is -2.18. The number of amides is 2. The van der Waals surface area contributed by atoms with Gasteiger partial charge < -0.3 is 19.7 Å². The van der Waals surface area contributed by atoms with Crippen LogP contribution in [-0.4, -0.2) is 24.1 Å². The number of carbonyl (C=O) groups excluding carboxylic acids is 2. The van der Waals surface area contributed by atoms with Crippen molar-refractivity contribution in [2.24, 2.45) is 5.92 Å². The summed E-state index contributed by atoms with van der Waals surface area (Å²) in [4.78, 5) is 26.3. The Morgan fingerprint density at radius 3 is 2.68 bits per heavy atom. The van der Waals surface area contributed by atoms with E-state index in [4.69, 9.17) is 9.47 Å². The molecular formula is C21H21FN2O4. The van der Waals surface area contributed by atoms with Crippen molar-refractivity contribution in [3.8, 4) is 11.5 Å². The third kappa shape index (κ3) is 3.40. The fourth-order valence-electron chi connectivity index (χ4n) is 3.49. The minimum atomic E-state index is -0.749. The van der Waals surface area contributed by atoms with Crippen LogP contribution in [0.3, 0.4) is 0 Å². The third-order valence-electron chi connectivity index (χ3n) is 4.81. The number of hydrogen-bond acceptors (Lipinski definition) is 4. The predicted octanol–water partition coefficient (Wildman–Crippen LogP) is 3.63. The maximum atomic E-state index is 14.2. The van der Waals surface area contributed by atoms with Gasteiger partial charge in [0.2, 0.25) is 17.6 Å². The molecular weight excluding hydrogens is 363 g/mol. The fourth-order valence-corrected chi connectivity index (χ4v) is 3.49. The van der Waals surface area contributed by atoms with E-state index in [2.05, 4.69) is 5.32 Å². The van der Waals surface area contributed by atoms with Crippen molar-refractivity contribution in [1.29, 1.82) is 0 Å². The van der Waals surface area contributed by atoms with Crippen LogP contribution >= 0.6 is 0 Å². The van der Waals surface area contributed by atoms with Crippen molar-refractivity contribution in [3.63, 3.8) is 0 Å². The largest absolute Gasteiger partial charge is 0.449 e. The molecule has 1 N–H and O–H groups in total. The topological polar surface area (TPSA) is 67.9 Å². The quantitative estimate of drug-likeness (QED) is 0.878. The van der Waals surface area contributed by atoms with Crippen molar-refractivity contribution < 1.29 is 23.5 Å². The maximum absolute atomic E-state index is 14.2. The molecule has 1 saturated heterocycles. The molecule has 1 fully saturated rings. The number of aryl methyl sites for hydroxylation is 1. The first-order valence-electron chi connectivity index (χ1n) is 9.11. The van der Waals surface area contributed by atoms with E-state index in [0.29, 0.717) is 17.2 Å². The molecule has 0 bridgehead atoms. The van der Waals surface area contributed by atoms with Gasteiger partial charge in [-0.25, -0.2) is 4.39 Å². The van der Waals surface area contributed by atoms with Crippen molar-refractivity contribution in [3.05, 3.63) is 47.8 Å². The summed E-state index contributed by atoms with van der Waals surface area (Å²) in [5.41, 5.74) is 1.53. The average molecular weight is 384 g/mol. The van der Waals surface area contributed by atoms with Gasteiger partial charge in [-0.1, -0.05) is 6.07 Å². The van der Waals surface area contributed by atoms with Crippen molar-refractivity contribution in [2.75, 3.05) is 16.8 Å². The molecule has 2 aromatic rings. The van der Waals surface area contributed by atoms with Crippen LogP contribution in [0.5, 0.6) is 11.5 Å². The van der Waals surface area contributed by atoms with Gasteiger partial charge in [-0.05, 0) is 36.8 Å². The van der Waals surface area contributed by atoms with E-state index in [1.807, 2.05) is 0 Å². The minimum absolute atomic E-state index is 0.0384. The number of nitrogens with one attached hydrogen (secondary N) is 1. The van der Waals surface area contributed by atoms with Crippen LogP contribution in [0.2, 0.25) is 0 Å². The zero-order valence-corrected chi connectivity index (χ0v) is 15.9. The molecule has 7 heteroatoms. The Morgan fingerprint density at radius 1 is 1.18 bits per heavy atom. The molecule has 146 valence electrons. The van der Waals surface area contributed by atoms with Crippen LogP contribution in [0, 0.1) is 18.7 Å². The van der Waals surface area contributed by atoms with Crippen LogP contribution in [0.4, 0.5) is 15.8 Å². The molecule has 4 rings (SSSR count). The Bertz CT molecular complexity index is 973. The molecule has 1 unspecified atom stereocenters. The predicted molar refractivity (Wildman–Crippen MR) is 102 cm³/mol. The summed E-state index contributed by atoms with van der Waals surface area (Å²) in [6, 6.07) is 9.83. The summed E-state index contributed by atoms with van der Waals surface area (Å²) >= 11 is 0. The molecule has 0 aliphatic carbocycles. The van der Waals surface area contributed by atoms with Crippen LogP contribution in [0.15, 0.2) is 36.4 Å². The summed E-state index contributed by atoms with van der Waals surface area (Å²) in [5.74, 6) is -1.17. The lowest BCUT2D eigenvalue weighted by atomic mass is 10.1. The highest BCUT2D eigenvalue weighted by atomic mass is 19.1. The van der Waals surface area contributed by atoms with Gasteiger partial charge in [0.15, 0.2) is 11.5 Å². The first-order valence-corrected chi connectivity index (χ1v) is 9.11. The first-order chi connectivity index (χ1) is 13.2. The highest BCUT2D eigenvalue weighted by Gasteiger charge is 2.37. The molecule has 0 radical (unpaired) electrons. The molecule has 2 heterocycles. The molecule has 0 aromatic heterocycles. The molecule has 0 saturated carbocycles. The van der Waals surface area contributed by atoms with E-state index in [9.17, 15) is 14.0 Å². The zero-order chi connectivity index (χ0) is 20.1. The smallest absolute Gasteiger partial charge is 0.246 e. The van der Waals surface area contributed by atoms with E-state index < -0.39 is 17.5 Å². The van der Waals surface area contributed by atoms with Gasteiger partial charge in [-0.2, -0.15) is 0 Å². The van der Waals surface area contributed by atoms with Crippen LogP contribution in [0.25, 0.3) is 0 Å². The monoisotopic (exact) mass is 384 g/mol. The van der Waals surface area contributed by atoms with Gasteiger partial charge in [0.05, 0.1) is 11.6 Å². The first kappa shape index (κ1) is 18.3. The number of rotatable bonds is 3. The van der Waals surface area contributed by atoms with Gasteiger partial charge in [0, 0.05) is 38.6 Å². The maximum Gasteiger partial charge on any atom is 0.246 e. The molecule has 2 aliphatic rings.